The predicted molar refractivity (Wildman–Crippen MR) is 57.6 cm³/mol. The standard InChI is InChI=1S/C10H10BrFN2/c1-2-3-10(14-13)7-4-5-9(12)8(11)6-7/h1,4-6,10,14H,3,13H2. The predicted octanol–water partition coefficient (Wildman–Crippen LogP) is 2.12. The van der Waals surface area contributed by atoms with Crippen molar-refractivity contribution in [3.63, 3.8) is 0 Å². The van der Waals surface area contributed by atoms with Gasteiger partial charge in [-0.15, -0.1) is 12.3 Å². The quantitative estimate of drug-likeness (QED) is 0.494. The summed E-state index contributed by atoms with van der Waals surface area (Å²) in [5, 5.41) is 0. The largest absolute Gasteiger partial charge is 0.271 e. The number of terminal acetylenes is 1. The fourth-order valence-electron chi connectivity index (χ4n) is 1.12. The van der Waals surface area contributed by atoms with Gasteiger partial charge in [0, 0.05) is 6.42 Å². The van der Waals surface area contributed by atoms with Crippen LogP contribution >= 0.6 is 15.9 Å². The lowest BCUT2D eigenvalue weighted by Crippen LogP contribution is -2.27. The Labute approximate surface area is 90.8 Å². The second kappa shape index (κ2) is 5.11. The molecule has 1 aromatic rings. The third-order valence-corrected chi connectivity index (χ3v) is 2.48. The zero-order chi connectivity index (χ0) is 10.6. The molecule has 0 aliphatic carbocycles. The van der Waals surface area contributed by atoms with Crippen LogP contribution in [0.2, 0.25) is 0 Å². The Hall–Kier alpha value is -0.890. The van der Waals surface area contributed by atoms with E-state index in [0.717, 1.165) is 5.56 Å². The van der Waals surface area contributed by atoms with Gasteiger partial charge in [-0.1, -0.05) is 6.07 Å². The van der Waals surface area contributed by atoms with Crippen LogP contribution in [0.1, 0.15) is 18.0 Å². The number of hydrazine groups is 1. The topological polar surface area (TPSA) is 38.0 Å². The zero-order valence-electron chi connectivity index (χ0n) is 7.43. The second-order valence-corrected chi connectivity index (χ2v) is 3.66. The van der Waals surface area contributed by atoms with Crippen LogP contribution in [0.5, 0.6) is 0 Å². The van der Waals surface area contributed by atoms with E-state index in [-0.39, 0.29) is 11.9 Å². The Morgan fingerprint density at radius 1 is 1.64 bits per heavy atom. The summed E-state index contributed by atoms with van der Waals surface area (Å²) in [6.07, 6.45) is 5.65. The molecule has 0 heterocycles. The van der Waals surface area contributed by atoms with Gasteiger partial charge in [0.2, 0.25) is 0 Å². The first-order valence-corrected chi connectivity index (χ1v) is 4.83. The minimum atomic E-state index is -0.301. The molecule has 1 unspecified atom stereocenters. The van der Waals surface area contributed by atoms with E-state index in [1.807, 2.05) is 0 Å². The first kappa shape index (κ1) is 11.2. The Kier molecular flexibility index (Phi) is 4.08. The van der Waals surface area contributed by atoms with Crippen molar-refractivity contribution < 1.29 is 4.39 Å². The van der Waals surface area contributed by atoms with Crippen LogP contribution in [0, 0.1) is 18.2 Å². The Balaban J connectivity index is 2.95. The third kappa shape index (κ3) is 2.55. The molecule has 0 radical (unpaired) electrons. The van der Waals surface area contributed by atoms with Gasteiger partial charge in [0.15, 0.2) is 0 Å². The molecular formula is C10H10BrFN2. The van der Waals surface area contributed by atoms with Crippen LogP contribution in [0.25, 0.3) is 0 Å². The highest BCUT2D eigenvalue weighted by Crippen LogP contribution is 2.22. The van der Waals surface area contributed by atoms with E-state index in [4.69, 9.17) is 12.3 Å². The summed E-state index contributed by atoms with van der Waals surface area (Å²) in [5.74, 6) is 7.52. The van der Waals surface area contributed by atoms with Gasteiger partial charge in [0.1, 0.15) is 5.82 Å². The first-order chi connectivity index (χ1) is 6.69. The Morgan fingerprint density at radius 2 is 2.36 bits per heavy atom. The Morgan fingerprint density at radius 3 is 2.86 bits per heavy atom. The molecule has 3 N–H and O–H groups in total. The van der Waals surface area contributed by atoms with Crippen molar-refractivity contribution in [2.24, 2.45) is 5.84 Å². The fraction of sp³-hybridized carbons (Fsp3) is 0.200. The number of rotatable bonds is 3. The SMILES string of the molecule is C#CCC(NN)c1ccc(F)c(Br)c1. The molecule has 1 aromatic carbocycles. The third-order valence-electron chi connectivity index (χ3n) is 1.87. The molecule has 0 saturated heterocycles. The lowest BCUT2D eigenvalue weighted by Gasteiger charge is -2.13. The highest BCUT2D eigenvalue weighted by Gasteiger charge is 2.09. The highest BCUT2D eigenvalue weighted by molar-refractivity contribution is 9.10. The minimum absolute atomic E-state index is 0.142. The molecule has 0 aromatic heterocycles. The first-order valence-electron chi connectivity index (χ1n) is 4.03. The Bertz CT molecular complexity index is 360. The van der Waals surface area contributed by atoms with Gasteiger partial charge in [-0.05, 0) is 33.6 Å². The van der Waals surface area contributed by atoms with Gasteiger partial charge in [-0.25, -0.2) is 4.39 Å². The number of hydrogen-bond acceptors (Lipinski definition) is 2. The molecule has 0 spiro atoms. The van der Waals surface area contributed by atoms with Crippen molar-refractivity contribution in [2.45, 2.75) is 12.5 Å². The van der Waals surface area contributed by atoms with Gasteiger partial charge in [-0.3, -0.25) is 11.3 Å². The lowest BCUT2D eigenvalue weighted by molar-refractivity contribution is 0.563. The summed E-state index contributed by atoms with van der Waals surface area (Å²) >= 11 is 3.10. The van der Waals surface area contributed by atoms with E-state index < -0.39 is 0 Å². The number of hydrogen-bond donors (Lipinski definition) is 2. The average Bonchev–Trinajstić information content (AvgIpc) is 2.19. The van der Waals surface area contributed by atoms with E-state index in [1.54, 1.807) is 12.1 Å². The maximum Gasteiger partial charge on any atom is 0.137 e. The molecule has 0 bridgehead atoms. The average molecular weight is 257 g/mol. The van der Waals surface area contributed by atoms with Crippen LogP contribution < -0.4 is 11.3 Å². The van der Waals surface area contributed by atoms with Crippen molar-refractivity contribution in [2.75, 3.05) is 0 Å². The van der Waals surface area contributed by atoms with Crippen LogP contribution in [0.3, 0.4) is 0 Å². The van der Waals surface area contributed by atoms with Gasteiger partial charge in [-0.2, -0.15) is 0 Å². The van der Waals surface area contributed by atoms with Crippen LogP contribution in [-0.2, 0) is 0 Å². The highest BCUT2D eigenvalue weighted by atomic mass is 79.9. The molecule has 0 saturated carbocycles. The van der Waals surface area contributed by atoms with E-state index in [2.05, 4.69) is 27.3 Å². The van der Waals surface area contributed by atoms with Crippen molar-refractivity contribution >= 4 is 15.9 Å². The van der Waals surface area contributed by atoms with Crippen LogP contribution in [0.4, 0.5) is 4.39 Å². The zero-order valence-corrected chi connectivity index (χ0v) is 9.01. The second-order valence-electron chi connectivity index (χ2n) is 2.80. The van der Waals surface area contributed by atoms with Crippen molar-refractivity contribution in [1.29, 1.82) is 0 Å². The van der Waals surface area contributed by atoms with Gasteiger partial charge in [0.25, 0.3) is 0 Å². The summed E-state index contributed by atoms with van der Waals surface area (Å²) in [7, 11) is 0. The molecule has 14 heavy (non-hydrogen) atoms. The molecular weight excluding hydrogens is 247 g/mol. The molecule has 0 aliphatic heterocycles. The molecule has 74 valence electrons. The van der Waals surface area contributed by atoms with Gasteiger partial charge in [0.05, 0.1) is 10.5 Å². The van der Waals surface area contributed by atoms with E-state index in [0.29, 0.717) is 10.9 Å². The van der Waals surface area contributed by atoms with Crippen LogP contribution in [-0.4, -0.2) is 0 Å². The summed E-state index contributed by atoms with van der Waals surface area (Å²) in [6, 6.07) is 4.55. The lowest BCUT2D eigenvalue weighted by atomic mass is 10.1. The molecule has 0 fully saturated rings. The maximum atomic E-state index is 12.9. The molecule has 0 amide bonds. The number of nitrogens with two attached hydrogens (primary N) is 1. The number of nitrogens with one attached hydrogen (secondary N) is 1. The van der Waals surface area contributed by atoms with E-state index in [9.17, 15) is 4.39 Å². The summed E-state index contributed by atoms with van der Waals surface area (Å²) in [5.41, 5.74) is 3.44. The smallest absolute Gasteiger partial charge is 0.137 e. The summed E-state index contributed by atoms with van der Waals surface area (Å²) in [4.78, 5) is 0. The van der Waals surface area contributed by atoms with Crippen molar-refractivity contribution in [3.8, 4) is 12.3 Å². The minimum Gasteiger partial charge on any atom is -0.271 e. The van der Waals surface area contributed by atoms with Gasteiger partial charge < -0.3 is 0 Å². The molecule has 1 rings (SSSR count). The molecule has 2 nitrogen and oxygen atoms in total. The monoisotopic (exact) mass is 256 g/mol. The van der Waals surface area contributed by atoms with Crippen molar-refractivity contribution in [1.82, 2.24) is 5.43 Å². The molecule has 1 atom stereocenters. The van der Waals surface area contributed by atoms with E-state index >= 15 is 0 Å². The van der Waals surface area contributed by atoms with E-state index in [1.165, 1.54) is 6.07 Å². The maximum absolute atomic E-state index is 12.9. The summed E-state index contributed by atoms with van der Waals surface area (Å²) < 4.78 is 13.3. The fourth-order valence-corrected chi connectivity index (χ4v) is 1.52. The molecule has 0 aliphatic rings. The van der Waals surface area contributed by atoms with Crippen LogP contribution in [0.15, 0.2) is 22.7 Å². The molecule has 4 heteroatoms. The normalized spacial score (nSPS) is 12.1. The van der Waals surface area contributed by atoms with Gasteiger partial charge >= 0.3 is 0 Å². The van der Waals surface area contributed by atoms with Crippen molar-refractivity contribution in [3.05, 3.63) is 34.1 Å². The number of halogens is 2. The summed E-state index contributed by atoms with van der Waals surface area (Å²) in [6.45, 7) is 0. The number of benzene rings is 1.